The number of hydrogen-bond acceptors (Lipinski definition) is 1. The number of benzene rings is 4. The summed E-state index contributed by atoms with van der Waals surface area (Å²) in [4.78, 5) is 0. The minimum atomic E-state index is -4.50. The monoisotopic (exact) mass is 614 g/mol. The minimum absolute atomic E-state index is 0.0288. The van der Waals surface area contributed by atoms with Crippen molar-refractivity contribution in [2.75, 3.05) is 0 Å². The normalized spacial score (nSPS) is 12.0. The van der Waals surface area contributed by atoms with Crippen LogP contribution in [0.15, 0.2) is 93.9 Å². The van der Waals surface area contributed by atoms with Crippen molar-refractivity contribution >= 4 is 31.9 Å². The van der Waals surface area contributed by atoms with E-state index in [0.717, 1.165) is 12.1 Å². The summed E-state index contributed by atoms with van der Waals surface area (Å²) in [5.74, 6) is 0.643. The van der Waals surface area contributed by atoms with Crippen LogP contribution >= 0.6 is 31.9 Å². The van der Waals surface area contributed by atoms with Crippen LogP contribution in [0.3, 0.4) is 0 Å². The number of halogens is 8. The van der Waals surface area contributed by atoms with Crippen LogP contribution in [0, 0.1) is 0 Å². The maximum Gasteiger partial charge on any atom is 0.417 e. The molecule has 0 unspecified atom stereocenters. The first kappa shape index (κ1) is 25.3. The molecule has 0 atom stereocenters. The SMILES string of the molecule is FC(F)(F)c1ccccc1-c1ccc(Oc2ccc(-c3ccccc3C(F)(F)F)cc2Br)c(Br)c1. The van der Waals surface area contributed by atoms with E-state index in [1.807, 2.05) is 0 Å². The second kappa shape index (κ2) is 9.70. The first-order valence-corrected chi connectivity index (χ1v) is 11.6. The number of ether oxygens (including phenoxy) is 1. The van der Waals surface area contributed by atoms with Gasteiger partial charge in [-0.25, -0.2) is 0 Å². The third-order valence-electron chi connectivity index (χ3n) is 5.17. The Morgan fingerprint density at radius 1 is 0.514 bits per heavy atom. The highest BCUT2D eigenvalue weighted by atomic mass is 79.9. The Bertz CT molecular complexity index is 1270. The van der Waals surface area contributed by atoms with Crippen molar-refractivity contribution in [3.05, 3.63) is 105 Å². The third kappa shape index (κ3) is 5.56. The zero-order valence-electron chi connectivity index (χ0n) is 17.5. The van der Waals surface area contributed by atoms with Gasteiger partial charge in [0.25, 0.3) is 0 Å². The van der Waals surface area contributed by atoms with Gasteiger partial charge in [0.15, 0.2) is 0 Å². The Balaban J connectivity index is 1.64. The van der Waals surface area contributed by atoms with E-state index in [1.54, 1.807) is 0 Å². The van der Waals surface area contributed by atoms with Gasteiger partial charge in [-0.1, -0.05) is 48.5 Å². The predicted molar refractivity (Wildman–Crippen MR) is 129 cm³/mol. The highest BCUT2D eigenvalue weighted by Crippen LogP contribution is 2.42. The van der Waals surface area contributed by atoms with Gasteiger partial charge in [-0.3, -0.25) is 0 Å². The molecule has 1 nitrogen and oxygen atoms in total. The van der Waals surface area contributed by atoms with Crippen LogP contribution in [-0.2, 0) is 12.4 Å². The molecule has 0 aliphatic heterocycles. The van der Waals surface area contributed by atoms with Crippen molar-refractivity contribution in [2.24, 2.45) is 0 Å². The molecule has 0 aliphatic rings. The lowest BCUT2D eigenvalue weighted by Gasteiger charge is -2.16. The van der Waals surface area contributed by atoms with Crippen LogP contribution in [0.2, 0.25) is 0 Å². The lowest BCUT2D eigenvalue weighted by Crippen LogP contribution is -2.06. The van der Waals surface area contributed by atoms with Gasteiger partial charge in [0.05, 0.1) is 20.1 Å². The molecule has 0 N–H and O–H groups in total. The second-order valence-electron chi connectivity index (χ2n) is 7.48. The lowest BCUT2D eigenvalue weighted by molar-refractivity contribution is -0.137. The molecular weight excluding hydrogens is 602 g/mol. The molecule has 0 amide bonds. The first-order chi connectivity index (χ1) is 16.4. The number of hydrogen-bond donors (Lipinski definition) is 0. The molecule has 0 aliphatic carbocycles. The van der Waals surface area contributed by atoms with E-state index in [4.69, 9.17) is 4.74 Å². The van der Waals surface area contributed by atoms with E-state index in [9.17, 15) is 26.3 Å². The fourth-order valence-electron chi connectivity index (χ4n) is 3.58. The van der Waals surface area contributed by atoms with Crippen molar-refractivity contribution in [1.82, 2.24) is 0 Å². The van der Waals surface area contributed by atoms with Crippen LogP contribution in [0.1, 0.15) is 11.1 Å². The van der Waals surface area contributed by atoms with Crippen LogP contribution in [0.4, 0.5) is 26.3 Å². The van der Waals surface area contributed by atoms with Crippen molar-refractivity contribution in [2.45, 2.75) is 12.4 Å². The molecule has 4 aromatic rings. The van der Waals surface area contributed by atoms with Crippen LogP contribution in [0.25, 0.3) is 22.3 Å². The highest BCUT2D eigenvalue weighted by molar-refractivity contribution is 9.11. The van der Waals surface area contributed by atoms with Gasteiger partial charge in [-0.15, -0.1) is 0 Å². The number of rotatable bonds is 4. The largest absolute Gasteiger partial charge is 0.455 e. The fraction of sp³-hybridized carbons (Fsp3) is 0.0769. The molecule has 4 rings (SSSR count). The van der Waals surface area contributed by atoms with Gasteiger partial charge in [-0.2, -0.15) is 26.3 Å². The van der Waals surface area contributed by atoms with E-state index >= 15 is 0 Å². The summed E-state index contributed by atoms with van der Waals surface area (Å²) in [5.41, 5.74) is -0.760. The predicted octanol–water partition coefficient (Wildman–Crippen LogP) is 10.4. The third-order valence-corrected chi connectivity index (χ3v) is 6.41. The Kier molecular flexibility index (Phi) is 7.02. The summed E-state index contributed by atoms with van der Waals surface area (Å²) < 4.78 is 87.0. The summed E-state index contributed by atoms with van der Waals surface area (Å²) in [6.45, 7) is 0. The van der Waals surface area contributed by atoms with Crippen molar-refractivity contribution in [3.63, 3.8) is 0 Å². The first-order valence-electron chi connectivity index (χ1n) is 10.1. The van der Waals surface area contributed by atoms with E-state index in [-0.39, 0.29) is 11.1 Å². The summed E-state index contributed by atoms with van der Waals surface area (Å²) in [6, 6.07) is 19.6. The quantitative estimate of drug-likeness (QED) is 0.208. The molecular formula is C26H14Br2F6O. The second-order valence-corrected chi connectivity index (χ2v) is 9.19. The zero-order valence-corrected chi connectivity index (χ0v) is 20.7. The van der Waals surface area contributed by atoms with Crippen molar-refractivity contribution in [3.8, 4) is 33.8 Å². The Labute approximate surface area is 213 Å². The molecule has 9 heteroatoms. The standard InChI is InChI=1S/C26H14Br2F6O/c27-21-13-15(17-5-1-3-7-19(17)25(29,30)31)9-11-23(21)35-24-12-10-16(14-22(24)28)18-6-2-4-8-20(18)26(32,33)34/h1-14H. The average Bonchev–Trinajstić information content (AvgIpc) is 2.80. The minimum Gasteiger partial charge on any atom is -0.455 e. The molecule has 0 saturated carbocycles. The van der Waals surface area contributed by atoms with Gasteiger partial charge in [0.2, 0.25) is 0 Å². The molecule has 35 heavy (non-hydrogen) atoms. The molecule has 0 fully saturated rings. The van der Waals surface area contributed by atoms with Gasteiger partial charge in [0.1, 0.15) is 11.5 Å². The molecule has 180 valence electrons. The fourth-order valence-corrected chi connectivity index (χ4v) is 4.50. The van der Waals surface area contributed by atoms with Gasteiger partial charge in [-0.05, 0) is 90.5 Å². The summed E-state index contributed by atoms with van der Waals surface area (Å²) >= 11 is 6.67. The van der Waals surface area contributed by atoms with Gasteiger partial charge >= 0.3 is 12.4 Å². The molecule has 0 saturated heterocycles. The average molecular weight is 616 g/mol. The smallest absolute Gasteiger partial charge is 0.417 e. The zero-order chi connectivity index (χ0) is 25.4. The summed E-state index contributed by atoms with van der Waals surface area (Å²) in [7, 11) is 0. The van der Waals surface area contributed by atoms with E-state index in [1.165, 1.54) is 72.8 Å². The molecule has 0 bridgehead atoms. The Morgan fingerprint density at radius 3 is 1.23 bits per heavy atom. The highest BCUT2D eigenvalue weighted by Gasteiger charge is 2.34. The van der Waals surface area contributed by atoms with Crippen LogP contribution < -0.4 is 4.74 Å². The number of alkyl halides is 6. The van der Waals surface area contributed by atoms with Crippen LogP contribution in [-0.4, -0.2) is 0 Å². The summed E-state index contributed by atoms with van der Waals surface area (Å²) in [6.07, 6.45) is -9.01. The Morgan fingerprint density at radius 2 is 0.886 bits per heavy atom. The van der Waals surface area contributed by atoms with Gasteiger partial charge in [0, 0.05) is 0 Å². The maximum absolute atomic E-state index is 13.4. The van der Waals surface area contributed by atoms with E-state index < -0.39 is 23.5 Å². The molecule has 0 heterocycles. The molecule has 4 aromatic carbocycles. The van der Waals surface area contributed by atoms with Crippen LogP contribution in [0.5, 0.6) is 11.5 Å². The summed E-state index contributed by atoms with van der Waals surface area (Å²) in [5, 5.41) is 0. The van der Waals surface area contributed by atoms with E-state index in [0.29, 0.717) is 31.6 Å². The topological polar surface area (TPSA) is 9.23 Å². The maximum atomic E-state index is 13.4. The van der Waals surface area contributed by atoms with Crippen molar-refractivity contribution in [1.29, 1.82) is 0 Å². The van der Waals surface area contributed by atoms with Gasteiger partial charge < -0.3 is 4.74 Å². The van der Waals surface area contributed by atoms with E-state index in [2.05, 4.69) is 31.9 Å². The lowest BCUT2D eigenvalue weighted by atomic mass is 9.99. The molecule has 0 radical (unpaired) electrons. The molecule has 0 aromatic heterocycles. The van der Waals surface area contributed by atoms with Crippen molar-refractivity contribution < 1.29 is 31.1 Å². The molecule has 0 spiro atoms. The Hall–Kier alpha value is -2.78.